The van der Waals surface area contributed by atoms with E-state index in [-0.39, 0.29) is 10.9 Å². The number of fused-ring (bicyclic) bond motifs is 4. The summed E-state index contributed by atoms with van der Waals surface area (Å²) >= 11 is 0. The molecule has 4 heteroatoms. The highest BCUT2D eigenvalue weighted by atomic mass is 16.1. The molecular weight excluding hydrogens is 396 g/mol. The fourth-order valence-electron chi connectivity index (χ4n) is 5.55. The van der Waals surface area contributed by atoms with E-state index >= 15 is 0 Å². The molecule has 146 valence electrons. The summed E-state index contributed by atoms with van der Waals surface area (Å²) in [5.41, 5.74) is 3.24. The molecule has 0 bridgehead atoms. The lowest BCUT2D eigenvalue weighted by Gasteiger charge is -2.17. The van der Waals surface area contributed by atoms with Crippen LogP contribution in [0.15, 0.2) is 82.4 Å². The standard InChI is InChI=1S/C28H12N2O2/c31-27-15-7-3-1-5-13(15)25-21-17(27)9-12-20-23(21)24-19(29-25)11-10-18-22(24)26(30-20)14-6-2-4-8-16(14)28(18)32/h1-12H. The molecule has 0 aliphatic rings. The van der Waals surface area contributed by atoms with Gasteiger partial charge in [-0.3, -0.25) is 9.59 Å². The highest BCUT2D eigenvalue weighted by molar-refractivity contribution is 6.37. The average molecular weight is 408 g/mol. The van der Waals surface area contributed by atoms with E-state index in [9.17, 15) is 9.59 Å². The summed E-state index contributed by atoms with van der Waals surface area (Å²) in [6, 6.07) is 22.8. The first-order valence-electron chi connectivity index (χ1n) is 10.5. The molecule has 0 aliphatic carbocycles. The predicted molar refractivity (Wildman–Crippen MR) is 131 cm³/mol. The van der Waals surface area contributed by atoms with Crippen LogP contribution in [0.25, 0.3) is 75.9 Å². The molecule has 8 rings (SSSR count). The molecule has 0 N–H and O–H groups in total. The normalized spacial score (nSPS) is 12.6. The minimum atomic E-state index is 0.00166. The lowest BCUT2D eigenvalue weighted by atomic mass is 9.90. The van der Waals surface area contributed by atoms with Crippen LogP contribution in [0.4, 0.5) is 0 Å². The van der Waals surface area contributed by atoms with Crippen LogP contribution in [0.1, 0.15) is 0 Å². The minimum Gasteiger partial charge on any atom is -0.289 e. The van der Waals surface area contributed by atoms with Gasteiger partial charge in [0.05, 0.1) is 22.1 Å². The van der Waals surface area contributed by atoms with Crippen molar-refractivity contribution in [2.24, 2.45) is 0 Å². The molecule has 0 aliphatic heterocycles. The van der Waals surface area contributed by atoms with Crippen LogP contribution in [0.5, 0.6) is 0 Å². The van der Waals surface area contributed by atoms with Gasteiger partial charge in [-0.1, -0.05) is 48.5 Å². The summed E-state index contributed by atoms with van der Waals surface area (Å²) in [5.74, 6) is 0. The molecule has 0 saturated carbocycles. The second kappa shape index (κ2) is 5.24. The predicted octanol–water partition coefficient (Wildman–Crippen LogP) is 5.58. The SMILES string of the molecule is O=c1c2ccccc2c2nc3ccc4c(=O)c5ccccc5c5nc6ccc1c2c6c3c45. The van der Waals surface area contributed by atoms with Gasteiger partial charge in [0.15, 0.2) is 10.9 Å². The molecule has 0 saturated heterocycles. The number of hydrogen-bond acceptors (Lipinski definition) is 4. The van der Waals surface area contributed by atoms with Crippen molar-refractivity contribution in [2.45, 2.75) is 0 Å². The summed E-state index contributed by atoms with van der Waals surface area (Å²) < 4.78 is 0. The van der Waals surface area contributed by atoms with Crippen LogP contribution in [0, 0.1) is 0 Å². The minimum absolute atomic E-state index is 0.00166. The Bertz CT molecular complexity index is 2030. The molecule has 0 spiro atoms. The number of rotatable bonds is 0. The van der Waals surface area contributed by atoms with Gasteiger partial charge in [0.2, 0.25) is 0 Å². The summed E-state index contributed by atoms with van der Waals surface area (Å²) in [4.78, 5) is 36.8. The second-order valence-corrected chi connectivity index (χ2v) is 8.43. The Morgan fingerprint density at radius 2 is 0.812 bits per heavy atom. The van der Waals surface area contributed by atoms with Gasteiger partial charge in [-0.05, 0) is 24.3 Å². The fraction of sp³-hybridized carbons (Fsp3) is 0. The summed E-state index contributed by atoms with van der Waals surface area (Å²) in [6.07, 6.45) is 0. The van der Waals surface area contributed by atoms with E-state index in [1.54, 1.807) is 0 Å². The molecule has 0 unspecified atom stereocenters. The number of benzene rings is 6. The maximum Gasteiger partial charge on any atom is 0.194 e. The van der Waals surface area contributed by atoms with Gasteiger partial charge in [0.25, 0.3) is 0 Å². The molecule has 0 amide bonds. The van der Waals surface area contributed by atoms with E-state index in [1.807, 2.05) is 72.8 Å². The van der Waals surface area contributed by atoms with Crippen molar-refractivity contribution in [2.75, 3.05) is 0 Å². The molecule has 4 nitrogen and oxygen atoms in total. The Balaban J connectivity index is 1.81. The summed E-state index contributed by atoms with van der Waals surface area (Å²) in [6.45, 7) is 0. The van der Waals surface area contributed by atoms with Crippen LogP contribution < -0.4 is 10.9 Å². The smallest absolute Gasteiger partial charge is 0.194 e. The molecular formula is C28H12N2O2. The third kappa shape index (κ3) is 1.69. The topological polar surface area (TPSA) is 59.9 Å². The number of hydrogen-bond donors (Lipinski definition) is 0. The Kier molecular flexibility index (Phi) is 2.66. The van der Waals surface area contributed by atoms with Crippen LogP contribution in [0.2, 0.25) is 0 Å². The Hall–Kier alpha value is -4.44. The average Bonchev–Trinajstić information content (AvgIpc) is 2.85. The van der Waals surface area contributed by atoms with Crippen molar-refractivity contribution in [1.29, 1.82) is 0 Å². The zero-order chi connectivity index (χ0) is 21.1. The molecule has 32 heavy (non-hydrogen) atoms. The first kappa shape index (κ1) is 16.3. The Morgan fingerprint density at radius 1 is 0.406 bits per heavy atom. The van der Waals surface area contributed by atoms with E-state index < -0.39 is 0 Å². The third-order valence-corrected chi connectivity index (χ3v) is 6.90. The molecule has 6 aromatic carbocycles. The Morgan fingerprint density at radius 3 is 1.25 bits per heavy atom. The van der Waals surface area contributed by atoms with Crippen molar-refractivity contribution in [3.05, 3.63) is 93.2 Å². The van der Waals surface area contributed by atoms with Crippen LogP contribution in [-0.4, -0.2) is 9.97 Å². The van der Waals surface area contributed by atoms with E-state index in [0.717, 1.165) is 54.4 Å². The third-order valence-electron chi connectivity index (χ3n) is 6.90. The highest BCUT2D eigenvalue weighted by Gasteiger charge is 2.22. The zero-order valence-electron chi connectivity index (χ0n) is 16.6. The molecule has 0 fully saturated rings. The summed E-state index contributed by atoms with van der Waals surface area (Å²) in [5, 5.41) is 7.82. The first-order chi connectivity index (χ1) is 15.7. The summed E-state index contributed by atoms with van der Waals surface area (Å²) in [7, 11) is 0. The van der Waals surface area contributed by atoms with Crippen molar-refractivity contribution in [1.82, 2.24) is 9.97 Å². The van der Waals surface area contributed by atoms with Gasteiger partial charge in [-0.2, -0.15) is 0 Å². The van der Waals surface area contributed by atoms with Gasteiger partial charge >= 0.3 is 0 Å². The maximum absolute atomic E-state index is 13.3. The maximum atomic E-state index is 13.3. The van der Waals surface area contributed by atoms with E-state index in [2.05, 4.69) is 0 Å². The van der Waals surface area contributed by atoms with Crippen molar-refractivity contribution >= 4 is 75.9 Å². The van der Waals surface area contributed by atoms with Crippen LogP contribution in [-0.2, 0) is 0 Å². The molecule has 2 heterocycles. The number of aromatic nitrogens is 2. The van der Waals surface area contributed by atoms with Gasteiger partial charge in [0, 0.05) is 53.9 Å². The highest BCUT2D eigenvalue weighted by Crippen LogP contribution is 2.42. The number of nitrogens with zero attached hydrogens (tertiary/aromatic N) is 2. The van der Waals surface area contributed by atoms with Crippen molar-refractivity contribution < 1.29 is 0 Å². The van der Waals surface area contributed by atoms with Gasteiger partial charge in [-0.25, -0.2) is 9.97 Å². The molecule has 0 radical (unpaired) electrons. The van der Waals surface area contributed by atoms with Gasteiger partial charge in [0.1, 0.15) is 0 Å². The van der Waals surface area contributed by atoms with E-state index in [4.69, 9.17) is 9.97 Å². The molecule has 8 aromatic rings. The van der Waals surface area contributed by atoms with Gasteiger partial charge < -0.3 is 0 Å². The lowest BCUT2D eigenvalue weighted by Crippen LogP contribution is -2.07. The molecule has 2 aromatic heterocycles. The Labute approximate surface area is 179 Å². The first-order valence-corrected chi connectivity index (χ1v) is 10.5. The fourth-order valence-corrected chi connectivity index (χ4v) is 5.55. The van der Waals surface area contributed by atoms with Crippen molar-refractivity contribution in [3.8, 4) is 0 Å². The molecule has 0 atom stereocenters. The van der Waals surface area contributed by atoms with Gasteiger partial charge in [-0.15, -0.1) is 0 Å². The largest absolute Gasteiger partial charge is 0.289 e. The lowest BCUT2D eigenvalue weighted by molar-refractivity contribution is 1.49. The number of pyridine rings is 2. The second-order valence-electron chi connectivity index (χ2n) is 8.43. The van der Waals surface area contributed by atoms with Crippen LogP contribution >= 0.6 is 0 Å². The van der Waals surface area contributed by atoms with Crippen molar-refractivity contribution in [3.63, 3.8) is 0 Å². The monoisotopic (exact) mass is 408 g/mol. The zero-order valence-corrected chi connectivity index (χ0v) is 16.6. The quantitative estimate of drug-likeness (QED) is 0.243. The van der Waals surface area contributed by atoms with E-state index in [0.29, 0.717) is 21.5 Å². The van der Waals surface area contributed by atoms with Crippen LogP contribution in [0.3, 0.4) is 0 Å². The van der Waals surface area contributed by atoms with E-state index in [1.165, 1.54) is 0 Å².